The van der Waals surface area contributed by atoms with Crippen molar-refractivity contribution >= 4 is 14.3 Å². The molecule has 2 rings (SSSR count). The standard InChI is InChI=1S/C20H32O4Si/c1-8-23-18(21)17-13-15(2)9-11-20(17,16-10-12-22-14-16)24-25(6,7)19(3,4)5/h9-10,12,14,17H,8,11,13H2,1-7H3/t17-,20+/m0/s1. The molecule has 0 saturated carbocycles. The number of allylic oxidation sites excluding steroid dienone is 1. The molecular formula is C20H32O4Si. The van der Waals surface area contributed by atoms with E-state index in [1.54, 1.807) is 12.5 Å². The molecule has 1 aliphatic rings. The lowest BCUT2D eigenvalue weighted by atomic mass is 9.73. The highest BCUT2D eigenvalue weighted by molar-refractivity contribution is 6.74. The van der Waals surface area contributed by atoms with Gasteiger partial charge in [-0.25, -0.2) is 0 Å². The Bertz CT molecular complexity index is 625. The molecule has 25 heavy (non-hydrogen) atoms. The van der Waals surface area contributed by atoms with Crippen LogP contribution in [0, 0.1) is 5.92 Å². The van der Waals surface area contributed by atoms with E-state index in [-0.39, 0.29) is 16.9 Å². The molecule has 0 amide bonds. The average molecular weight is 365 g/mol. The average Bonchev–Trinajstić information content (AvgIpc) is 3.03. The summed E-state index contributed by atoms with van der Waals surface area (Å²) in [6, 6.07) is 1.92. The largest absolute Gasteiger partial charge is 0.472 e. The van der Waals surface area contributed by atoms with Gasteiger partial charge >= 0.3 is 5.97 Å². The number of esters is 1. The molecule has 0 N–H and O–H groups in total. The van der Waals surface area contributed by atoms with Gasteiger partial charge < -0.3 is 13.6 Å². The summed E-state index contributed by atoms with van der Waals surface area (Å²) in [5.41, 5.74) is 1.41. The lowest BCUT2D eigenvalue weighted by Gasteiger charge is -2.49. The first-order valence-corrected chi connectivity index (χ1v) is 12.0. The molecule has 140 valence electrons. The minimum absolute atomic E-state index is 0.0408. The summed E-state index contributed by atoms with van der Waals surface area (Å²) in [6.45, 7) is 15.4. The van der Waals surface area contributed by atoms with Crippen LogP contribution in [-0.4, -0.2) is 20.9 Å². The minimum atomic E-state index is -2.13. The van der Waals surface area contributed by atoms with Crippen LogP contribution < -0.4 is 0 Å². The third kappa shape index (κ3) is 3.92. The van der Waals surface area contributed by atoms with Gasteiger partial charge in [-0.15, -0.1) is 0 Å². The minimum Gasteiger partial charge on any atom is -0.472 e. The summed E-state index contributed by atoms with van der Waals surface area (Å²) in [5, 5.41) is 0.0408. The Kier molecular flexibility index (Phi) is 5.69. The van der Waals surface area contributed by atoms with Crippen LogP contribution in [0.2, 0.25) is 18.1 Å². The molecule has 1 heterocycles. The van der Waals surface area contributed by atoms with Gasteiger partial charge in [0.1, 0.15) is 5.60 Å². The van der Waals surface area contributed by atoms with Gasteiger partial charge in [0.25, 0.3) is 0 Å². The Morgan fingerprint density at radius 2 is 2.08 bits per heavy atom. The molecule has 0 aliphatic heterocycles. The van der Waals surface area contributed by atoms with Gasteiger partial charge in [-0.2, -0.15) is 0 Å². The lowest BCUT2D eigenvalue weighted by molar-refractivity contribution is -0.158. The van der Waals surface area contributed by atoms with Crippen LogP contribution in [0.25, 0.3) is 0 Å². The number of hydrogen-bond acceptors (Lipinski definition) is 4. The zero-order valence-corrected chi connectivity index (χ0v) is 17.6. The first-order valence-electron chi connectivity index (χ1n) is 9.08. The second kappa shape index (κ2) is 7.12. The van der Waals surface area contributed by atoms with Crippen molar-refractivity contribution in [1.82, 2.24) is 0 Å². The third-order valence-corrected chi connectivity index (χ3v) is 10.2. The van der Waals surface area contributed by atoms with Crippen molar-refractivity contribution in [3.63, 3.8) is 0 Å². The summed E-state index contributed by atoms with van der Waals surface area (Å²) in [5.74, 6) is -0.543. The normalized spacial score (nSPS) is 24.8. The van der Waals surface area contributed by atoms with Gasteiger partial charge in [0.15, 0.2) is 8.32 Å². The second-order valence-corrected chi connectivity index (χ2v) is 13.3. The van der Waals surface area contributed by atoms with Crippen LogP contribution in [-0.2, 0) is 19.6 Å². The zero-order chi connectivity index (χ0) is 18.9. The molecule has 0 spiro atoms. The van der Waals surface area contributed by atoms with E-state index >= 15 is 0 Å². The van der Waals surface area contributed by atoms with Crippen LogP contribution in [0.4, 0.5) is 0 Å². The second-order valence-electron chi connectivity index (χ2n) is 8.53. The number of rotatable bonds is 5. The smallest absolute Gasteiger partial charge is 0.312 e. The number of ether oxygens (including phenoxy) is 1. The van der Waals surface area contributed by atoms with E-state index in [9.17, 15) is 4.79 Å². The fourth-order valence-corrected chi connectivity index (χ4v) is 4.72. The van der Waals surface area contributed by atoms with Crippen molar-refractivity contribution < 1.29 is 18.4 Å². The highest BCUT2D eigenvalue weighted by atomic mass is 28.4. The Morgan fingerprint density at radius 3 is 2.60 bits per heavy atom. The summed E-state index contributed by atoms with van der Waals surface area (Å²) in [4.78, 5) is 12.8. The van der Waals surface area contributed by atoms with E-state index in [2.05, 4.69) is 46.9 Å². The number of carbonyl (C=O) groups excluding carboxylic acids is 1. The van der Waals surface area contributed by atoms with E-state index in [1.165, 1.54) is 5.57 Å². The van der Waals surface area contributed by atoms with Gasteiger partial charge in [-0.1, -0.05) is 32.4 Å². The maximum atomic E-state index is 12.8. The van der Waals surface area contributed by atoms with Crippen LogP contribution >= 0.6 is 0 Å². The molecular weight excluding hydrogens is 332 g/mol. The Morgan fingerprint density at radius 1 is 1.40 bits per heavy atom. The van der Waals surface area contributed by atoms with Gasteiger partial charge in [-0.3, -0.25) is 4.79 Å². The van der Waals surface area contributed by atoms with Crippen molar-refractivity contribution in [2.45, 2.75) is 71.2 Å². The van der Waals surface area contributed by atoms with E-state index < -0.39 is 13.9 Å². The molecule has 2 atom stereocenters. The molecule has 0 bridgehead atoms. The van der Waals surface area contributed by atoms with Crippen molar-refractivity contribution in [3.05, 3.63) is 35.8 Å². The molecule has 0 fully saturated rings. The van der Waals surface area contributed by atoms with Gasteiger partial charge in [-0.05, 0) is 50.9 Å². The molecule has 0 saturated heterocycles. The van der Waals surface area contributed by atoms with E-state index in [1.807, 2.05) is 13.0 Å². The number of hydrogen-bond donors (Lipinski definition) is 0. The van der Waals surface area contributed by atoms with E-state index in [0.717, 1.165) is 5.56 Å². The summed E-state index contributed by atoms with van der Waals surface area (Å²) in [7, 11) is -2.13. The Hall–Kier alpha value is -1.33. The first kappa shape index (κ1) is 20.0. The molecule has 1 aliphatic carbocycles. The van der Waals surface area contributed by atoms with Crippen LogP contribution in [0.15, 0.2) is 34.7 Å². The maximum absolute atomic E-state index is 12.8. The lowest BCUT2D eigenvalue weighted by Crippen LogP contribution is -2.54. The SMILES string of the molecule is CCOC(=O)[C@@H]1CC(C)=CC[C@@]1(O[Si](C)(C)C(C)(C)C)c1ccoc1. The quantitative estimate of drug-likeness (QED) is 0.398. The summed E-state index contributed by atoms with van der Waals surface area (Å²) < 4.78 is 17.7. The first-order chi connectivity index (χ1) is 11.5. The predicted molar refractivity (Wildman–Crippen MR) is 102 cm³/mol. The number of furan rings is 1. The Balaban J connectivity index is 2.56. The molecule has 0 radical (unpaired) electrons. The van der Waals surface area contributed by atoms with Crippen molar-refractivity contribution in [2.75, 3.05) is 6.61 Å². The predicted octanol–water partition coefficient (Wildman–Crippen LogP) is 5.42. The fourth-order valence-electron chi connectivity index (χ4n) is 3.16. The highest BCUT2D eigenvalue weighted by Gasteiger charge is 2.53. The van der Waals surface area contributed by atoms with Gasteiger partial charge in [0.2, 0.25) is 0 Å². The molecule has 4 nitrogen and oxygen atoms in total. The van der Waals surface area contributed by atoms with Crippen molar-refractivity contribution in [3.8, 4) is 0 Å². The molecule has 1 aromatic heterocycles. The van der Waals surface area contributed by atoms with E-state index in [0.29, 0.717) is 19.4 Å². The molecule has 1 aromatic rings. The zero-order valence-electron chi connectivity index (χ0n) is 16.6. The Labute approximate surface area is 152 Å². The van der Waals surface area contributed by atoms with Crippen molar-refractivity contribution in [1.29, 1.82) is 0 Å². The monoisotopic (exact) mass is 364 g/mol. The van der Waals surface area contributed by atoms with Crippen LogP contribution in [0.3, 0.4) is 0 Å². The van der Waals surface area contributed by atoms with Crippen LogP contribution in [0.5, 0.6) is 0 Å². The molecule has 0 aromatic carbocycles. The highest BCUT2D eigenvalue weighted by Crippen LogP contribution is 2.50. The van der Waals surface area contributed by atoms with Gasteiger partial charge in [0, 0.05) is 5.56 Å². The molecule has 5 heteroatoms. The van der Waals surface area contributed by atoms with Crippen LogP contribution in [0.1, 0.15) is 53.0 Å². The summed E-state index contributed by atoms with van der Waals surface area (Å²) >= 11 is 0. The number of carbonyl (C=O) groups is 1. The summed E-state index contributed by atoms with van der Waals surface area (Å²) in [6.07, 6.45) is 6.87. The van der Waals surface area contributed by atoms with E-state index in [4.69, 9.17) is 13.6 Å². The maximum Gasteiger partial charge on any atom is 0.312 e. The molecule has 0 unspecified atom stereocenters. The van der Waals surface area contributed by atoms with Crippen molar-refractivity contribution in [2.24, 2.45) is 5.92 Å². The topological polar surface area (TPSA) is 48.7 Å². The third-order valence-electron chi connectivity index (χ3n) is 5.67. The fraction of sp³-hybridized carbons (Fsp3) is 0.650. The van der Waals surface area contributed by atoms with Gasteiger partial charge in [0.05, 0.1) is 25.1 Å².